The van der Waals surface area contributed by atoms with E-state index in [0.717, 1.165) is 38.9 Å². The summed E-state index contributed by atoms with van der Waals surface area (Å²) >= 11 is 0. The Morgan fingerprint density at radius 1 is 0.935 bits per heavy atom. The molecule has 2 aromatic heterocycles. The first-order valence-corrected chi connectivity index (χ1v) is 10.1. The lowest BCUT2D eigenvalue weighted by atomic mass is 9.94. The minimum atomic E-state index is 0.478. The number of fused-ring (bicyclic) bond motifs is 1. The van der Waals surface area contributed by atoms with Crippen LogP contribution in [0.5, 0.6) is 0 Å². The van der Waals surface area contributed by atoms with E-state index in [2.05, 4.69) is 57.4 Å². The number of imidazole rings is 1. The van der Waals surface area contributed by atoms with Crippen molar-refractivity contribution in [3.05, 3.63) is 77.6 Å². The predicted octanol–water partition coefficient (Wildman–Crippen LogP) is 5.71. The van der Waals surface area contributed by atoms with Gasteiger partial charge < -0.3 is 14.2 Å². The molecule has 0 aliphatic carbocycles. The van der Waals surface area contributed by atoms with E-state index in [-0.39, 0.29) is 0 Å². The van der Waals surface area contributed by atoms with Crippen LogP contribution < -0.4 is 0 Å². The molecule has 2 heterocycles. The van der Waals surface area contributed by atoms with Crippen LogP contribution in [0.1, 0.15) is 16.7 Å². The van der Waals surface area contributed by atoms with Crippen molar-refractivity contribution < 1.29 is 9.26 Å². The van der Waals surface area contributed by atoms with Gasteiger partial charge in [0, 0.05) is 18.2 Å². The Hall–Kier alpha value is -3.77. The summed E-state index contributed by atoms with van der Waals surface area (Å²) in [6, 6.07) is 18.5. The van der Waals surface area contributed by atoms with Crippen LogP contribution in [0.2, 0.25) is 0 Å². The molecule has 31 heavy (non-hydrogen) atoms. The molecule has 154 valence electrons. The number of nitrogens with one attached hydrogen (secondary N) is 1. The van der Waals surface area contributed by atoms with Gasteiger partial charge in [-0.05, 0) is 65.9 Å². The molecule has 0 unspecified atom stereocenters. The molecule has 0 fully saturated rings. The summed E-state index contributed by atoms with van der Waals surface area (Å²) in [6.45, 7) is 4.63. The first-order chi connectivity index (χ1) is 15.1. The van der Waals surface area contributed by atoms with Gasteiger partial charge in [0.15, 0.2) is 0 Å². The Morgan fingerprint density at radius 3 is 2.65 bits per heavy atom. The first-order valence-electron chi connectivity index (χ1n) is 10.1. The van der Waals surface area contributed by atoms with Gasteiger partial charge in [0.25, 0.3) is 5.89 Å². The second-order valence-corrected chi connectivity index (χ2v) is 7.63. The number of rotatable bonds is 5. The number of methoxy groups -OCH3 is 1. The highest BCUT2D eigenvalue weighted by molar-refractivity contribution is 5.83. The highest BCUT2D eigenvalue weighted by Gasteiger charge is 2.15. The van der Waals surface area contributed by atoms with Gasteiger partial charge in [0.1, 0.15) is 0 Å². The van der Waals surface area contributed by atoms with Gasteiger partial charge in [-0.3, -0.25) is 0 Å². The van der Waals surface area contributed by atoms with Crippen LogP contribution in [-0.4, -0.2) is 27.2 Å². The normalized spacial score (nSPS) is 11.3. The molecule has 0 spiro atoms. The third-order valence-corrected chi connectivity index (χ3v) is 5.49. The van der Waals surface area contributed by atoms with Crippen molar-refractivity contribution in [1.82, 2.24) is 20.1 Å². The Kier molecular flexibility index (Phi) is 4.84. The smallest absolute Gasteiger partial charge is 0.258 e. The zero-order valence-corrected chi connectivity index (χ0v) is 17.6. The van der Waals surface area contributed by atoms with E-state index in [1.54, 1.807) is 13.4 Å². The molecule has 3 aromatic carbocycles. The van der Waals surface area contributed by atoms with Gasteiger partial charge in [-0.25, -0.2) is 4.98 Å². The number of hydrogen-bond acceptors (Lipinski definition) is 5. The molecule has 0 atom stereocenters. The Morgan fingerprint density at radius 2 is 1.81 bits per heavy atom. The third-order valence-electron chi connectivity index (χ3n) is 5.49. The van der Waals surface area contributed by atoms with Crippen LogP contribution in [-0.2, 0) is 11.3 Å². The summed E-state index contributed by atoms with van der Waals surface area (Å²) in [5.41, 5.74) is 9.33. The maximum Gasteiger partial charge on any atom is 0.258 e. The van der Waals surface area contributed by atoms with Crippen molar-refractivity contribution in [1.29, 1.82) is 0 Å². The molecule has 0 saturated heterocycles. The quantitative estimate of drug-likeness (QED) is 0.402. The molecule has 0 bridgehead atoms. The lowest BCUT2D eigenvalue weighted by Gasteiger charge is -2.12. The molecule has 0 saturated carbocycles. The number of aryl methyl sites for hydroxylation is 2. The van der Waals surface area contributed by atoms with Crippen LogP contribution in [0.3, 0.4) is 0 Å². The number of benzene rings is 3. The lowest BCUT2D eigenvalue weighted by Crippen LogP contribution is -1.95. The standard InChI is InChI=1S/C25H22N4O2/c1-15-6-4-5-7-20(15)21-9-8-17(11-19(21)13-30-3)25-28-24(29-31-25)18-10-16(2)23-22(12-18)26-14-27-23/h4-12,14H,13H2,1-3H3,(H,26,27). The maximum absolute atomic E-state index is 5.61. The molecule has 0 radical (unpaired) electrons. The van der Waals surface area contributed by atoms with E-state index >= 15 is 0 Å². The molecular weight excluding hydrogens is 388 g/mol. The van der Waals surface area contributed by atoms with Gasteiger partial charge in [-0.15, -0.1) is 0 Å². The fourth-order valence-corrected chi connectivity index (χ4v) is 3.95. The van der Waals surface area contributed by atoms with Gasteiger partial charge in [0.2, 0.25) is 5.82 Å². The summed E-state index contributed by atoms with van der Waals surface area (Å²) < 4.78 is 11.1. The number of nitrogens with zero attached hydrogens (tertiary/aromatic N) is 3. The topological polar surface area (TPSA) is 76.8 Å². The van der Waals surface area contributed by atoms with Crippen LogP contribution in [0.15, 0.2) is 65.4 Å². The van der Waals surface area contributed by atoms with Crippen LogP contribution >= 0.6 is 0 Å². The van der Waals surface area contributed by atoms with E-state index in [1.165, 1.54) is 11.1 Å². The van der Waals surface area contributed by atoms with E-state index in [0.29, 0.717) is 18.3 Å². The van der Waals surface area contributed by atoms with Crippen LogP contribution in [0.25, 0.3) is 45.0 Å². The second-order valence-electron chi connectivity index (χ2n) is 7.63. The SMILES string of the molecule is COCc1cc(-c2nc(-c3cc(C)c4nc[nH]c4c3)no2)ccc1-c1ccccc1C. The number of H-pyrrole nitrogens is 1. The second kappa shape index (κ2) is 7.81. The maximum atomic E-state index is 5.61. The van der Waals surface area contributed by atoms with Crippen molar-refractivity contribution in [2.75, 3.05) is 7.11 Å². The Labute approximate surface area is 179 Å². The molecule has 6 heteroatoms. The van der Waals surface area contributed by atoms with Gasteiger partial charge in [0.05, 0.1) is 24.0 Å². The molecule has 0 amide bonds. The minimum Gasteiger partial charge on any atom is -0.380 e. The van der Waals surface area contributed by atoms with Crippen molar-refractivity contribution in [2.24, 2.45) is 0 Å². The monoisotopic (exact) mass is 410 g/mol. The summed E-state index contributed by atoms with van der Waals surface area (Å²) in [5, 5.41) is 4.21. The third kappa shape index (κ3) is 3.51. The average molecular weight is 410 g/mol. The summed E-state index contributed by atoms with van der Waals surface area (Å²) in [6.07, 6.45) is 1.69. The largest absolute Gasteiger partial charge is 0.380 e. The Balaban J connectivity index is 1.54. The van der Waals surface area contributed by atoms with E-state index in [9.17, 15) is 0 Å². The molecule has 5 aromatic rings. The van der Waals surface area contributed by atoms with Gasteiger partial charge in [-0.2, -0.15) is 4.98 Å². The molecule has 6 nitrogen and oxygen atoms in total. The highest BCUT2D eigenvalue weighted by atomic mass is 16.5. The van der Waals surface area contributed by atoms with Crippen molar-refractivity contribution in [2.45, 2.75) is 20.5 Å². The van der Waals surface area contributed by atoms with Crippen LogP contribution in [0, 0.1) is 13.8 Å². The number of hydrogen-bond donors (Lipinski definition) is 1. The zero-order chi connectivity index (χ0) is 21.4. The van der Waals surface area contributed by atoms with Crippen molar-refractivity contribution >= 4 is 11.0 Å². The van der Waals surface area contributed by atoms with Gasteiger partial charge >= 0.3 is 0 Å². The molecule has 0 aliphatic heterocycles. The van der Waals surface area contributed by atoms with Gasteiger partial charge in [-0.1, -0.05) is 35.5 Å². The molecule has 5 rings (SSSR count). The lowest BCUT2D eigenvalue weighted by molar-refractivity contribution is 0.185. The fourth-order valence-electron chi connectivity index (χ4n) is 3.95. The van der Waals surface area contributed by atoms with E-state index in [1.807, 2.05) is 31.2 Å². The number of ether oxygens (including phenoxy) is 1. The summed E-state index contributed by atoms with van der Waals surface area (Å²) in [7, 11) is 1.70. The minimum absolute atomic E-state index is 0.478. The highest BCUT2D eigenvalue weighted by Crippen LogP contribution is 2.32. The number of aromatic amines is 1. The summed E-state index contributed by atoms with van der Waals surface area (Å²) in [4.78, 5) is 12.1. The van der Waals surface area contributed by atoms with E-state index < -0.39 is 0 Å². The molecule has 0 aliphatic rings. The number of aromatic nitrogens is 4. The predicted molar refractivity (Wildman–Crippen MR) is 120 cm³/mol. The zero-order valence-electron chi connectivity index (χ0n) is 17.6. The first kappa shape index (κ1) is 19.2. The van der Waals surface area contributed by atoms with Crippen molar-refractivity contribution in [3.8, 4) is 34.0 Å². The molecular formula is C25H22N4O2. The average Bonchev–Trinajstić information content (AvgIpc) is 3.45. The Bertz CT molecular complexity index is 1380. The van der Waals surface area contributed by atoms with Crippen molar-refractivity contribution in [3.63, 3.8) is 0 Å². The van der Waals surface area contributed by atoms with E-state index in [4.69, 9.17) is 9.26 Å². The fraction of sp³-hybridized carbons (Fsp3) is 0.160. The summed E-state index contributed by atoms with van der Waals surface area (Å²) in [5.74, 6) is 1.02. The molecule has 1 N–H and O–H groups in total. The van der Waals surface area contributed by atoms with Crippen LogP contribution in [0.4, 0.5) is 0 Å².